The van der Waals surface area contributed by atoms with E-state index in [9.17, 15) is 18.0 Å². The zero-order valence-electron chi connectivity index (χ0n) is 17.1. The quantitative estimate of drug-likeness (QED) is 0.727. The topological polar surface area (TPSA) is 99.3 Å². The fourth-order valence-corrected chi connectivity index (χ4v) is 6.12. The third kappa shape index (κ3) is 4.59. The first-order valence-corrected chi connectivity index (χ1v) is 12.3. The van der Waals surface area contributed by atoms with Crippen LogP contribution in [0.5, 0.6) is 0 Å². The molecule has 1 aliphatic carbocycles. The number of aromatic nitrogens is 1. The molecule has 1 unspecified atom stereocenters. The molecule has 4 rings (SSSR count). The molecule has 162 valence electrons. The number of fused-ring (bicyclic) bond motifs is 1. The van der Waals surface area contributed by atoms with Gasteiger partial charge in [-0.1, -0.05) is 25.7 Å². The molecular formula is C22H29N3O4S. The molecular weight excluding hydrogens is 402 g/mol. The number of pyridine rings is 1. The summed E-state index contributed by atoms with van der Waals surface area (Å²) in [5.41, 5.74) is 0.373. The fourth-order valence-electron chi connectivity index (χ4n) is 4.56. The van der Waals surface area contributed by atoms with E-state index >= 15 is 0 Å². The Balaban J connectivity index is 1.48. The van der Waals surface area contributed by atoms with Crippen molar-refractivity contribution in [3.8, 4) is 0 Å². The van der Waals surface area contributed by atoms with Gasteiger partial charge in [0, 0.05) is 30.7 Å². The Kier molecular flexibility index (Phi) is 6.24. The molecule has 1 aromatic heterocycles. The highest BCUT2D eigenvalue weighted by atomic mass is 32.2. The van der Waals surface area contributed by atoms with Gasteiger partial charge in [0.25, 0.3) is 0 Å². The van der Waals surface area contributed by atoms with E-state index in [-0.39, 0.29) is 34.9 Å². The molecule has 2 aromatic rings. The molecule has 30 heavy (non-hydrogen) atoms. The van der Waals surface area contributed by atoms with Crippen molar-refractivity contribution in [1.29, 1.82) is 0 Å². The molecule has 2 fully saturated rings. The Bertz CT molecular complexity index is 1070. The van der Waals surface area contributed by atoms with E-state index in [1.807, 2.05) is 0 Å². The summed E-state index contributed by atoms with van der Waals surface area (Å²) in [5, 5.41) is 3.84. The Morgan fingerprint density at radius 1 is 1.00 bits per heavy atom. The average Bonchev–Trinajstić information content (AvgIpc) is 3.02. The van der Waals surface area contributed by atoms with E-state index < -0.39 is 10.0 Å². The van der Waals surface area contributed by atoms with Gasteiger partial charge < -0.3 is 10.3 Å². The maximum absolute atomic E-state index is 13.2. The van der Waals surface area contributed by atoms with Gasteiger partial charge in [0.1, 0.15) is 0 Å². The largest absolute Gasteiger partial charge is 0.353 e. The molecule has 0 spiro atoms. The normalized spacial score (nSPS) is 21.9. The summed E-state index contributed by atoms with van der Waals surface area (Å²) in [6.45, 7) is 0.629. The summed E-state index contributed by atoms with van der Waals surface area (Å²) in [7, 11) is -3.71. The summed E-state index contributed by atoms with van der Waals surface area (Å²) in [4.78, 5) is 27.2. The lowest BCUT2D eigenvalue weighted by Crippen LogP contribution is -2.47. The molecule has 8 heteroatoms. The third-order valence-electron chi connectivity index (χ3n) is 6.29. The smallest absolute Gasteiger partial charge is 0.248 e. The van der Waals surface area contributed by atoms with Gasteiger partial charge in [-0.15, -0.1) is 0 Å². The van der Waals surface area contributed by atoms with E-state index in [2.05, 4.69) is 10.3 Å². The number of rotatable bonds is 4. The zero-order valence-corrected chi connectivity index (χ0v) is 17.9. The van der Waals surface area contributed by atoms with Gasteiger partial charge in [-0.2, -0.15) is 4.31 Å². The second kappa shape index (κ2) is 8.89. The molecule has 0 radical (unpaired) electrons. The van der Waals surface area contributed by atoms with Gasteiger partial charge in [0.2, 0.25) is 21.5 Å². The van der Waals surface area contributed by atoms with Crippen LogP contribution in [0.15, 0.2) is 40.0 Å². The Labute approximate surface area is 176 Å². The van der Waals surface area contributed by atoms with Crippen molar-refractivity contribution in [2.45, 2.75) is 62.3 Å². The van der Waals surface area contributed by atoms with Crippen LogP contribution in [-0.2, 0) is 14.8 Å². The fraction of sp³-hybridized carbons (Fsp3) is 0.545. The molecule has 2 heterocycles. The number of carbonyl (C=O) groups excluding carboxylic acids is 1. The van der Waals surface area contributed by atoms with Crippen LogP contribution in [-0.4, -0.2) is 42.7 Å². The second-order valence-electron chi connectivity index (χ2n) is 8.47. The van der Waals surface area contributed by atoms with Crippen LogP contribution in [0.2, 0.25) is 0 Å². The van der Waals surface area contributed by atoms with Crippen molar-refractivity contribution >= 4 is 26.8 Å². The number of nitrogens with one attached hydrogen (secondary N) is 2. The first kappa shape index (κ1) is 21.1. The second-order valence-corrected chi connectivity index (χ2v) is 10.4. The Hall–Kier alpha value is -2.19. The minimum absolute atomic E-state index is 0.0158. The zero-order chi connectivity index (χ0) is 21.1. The Morgan fingerprint density at radius 3 is 2.53 bits per heavy atom. The summed E-state index contributed by atoms with van der Waals surface area (Å²) in [5.74, 6) is -0.327. The van der Waals surface area contributed by atoms with Crippen molar-refractivity contribution < 1.29 is 13.2 Å². The molecule has 1 aromatic carbocycles. The molecule has 2 N–H and O–H groups in total. The van der Waals surface area contributed by atoms with E-state index in [1.165, 1.54) is 29.3 Å². The average molecular weight is 432 g/mol. The molecule has 1 atom stereocenters. The van der Waals surface area contributed by atoms with E-state index in [4.69, 9.17) is 0 Å². The molecule has 1 amide bonds. The van der Waals surface area contributed by atoms with Crippen molar-refractivity contribution in [2.24, 2.45) is 5.92 Å². The predicted octanol–water partition coefficient (Wildman–Crippen LogP) is 2.77. The van der Waals surface area contributed by atoms with Crippen molar-refractivity contribution in [3.05, 3.63) is 40.7 Å². The number of carbonyl (C=O) groups is 1. The molecule has 1 saturated carbocycles. The van der Waals surface area contributed by atoms with Gasteiger partial charge in [-0.05, 0) is 55.3 Å². The number of benzene rings is 1. The van der Waals surface area contributed by atoms with Crippen LogP contribution in [0.3, 0.4) is 0 Å². The number of H-pyrrole nitrogens is 1. The van der Waals surface area contributed by atoms with Crippen LogP contribution in [0.1, 0.15) is 51.4 Å². The standard InChI is InChI=1S/C22H29N3O4S/c26-21-12-9-16-14-19(10-11-20(16)24-21)30(28,29)25-13-5-6-17(15-25)22(27)23-18-7-3-1-2-4-8-18/h9-12,14,17-18H,1-8,13,15H2,(H,23,27)(H,24,26). The maximum atomic E-state index is 13.2. The number of hydrogen-bond donors (Lipinski definition) is 2. The first-order valence-electron chi connectivity index (χ1n) is 10.9. The number of nitrogens with zero attached hydrogens (tertiary/aromatic N) is 1. The monoisotopic (exact) mass is 431 g/mol. The maximum Gasteiger partial charge on any atom is 0.248 e. The minimum atomic E-state index is -3.71. The SMILES string of the molecule is O=C(NC1CCCCCC1)C1CCCN(S(=O)(=O)c2ccc3[nH]c(=O)ccc3c2)C1. The van der Waals surface area contributed by atoms with Crippen LogP contribution in [0.4, 0.5) is 0 Å². The van der Waals surface area contributed by atoms with Crippen LogP contribution < -0.4 is 10.9 Å². The number of sulfonamides is 1. The van der Waals surface area contributed by atoms with Crippen LogP contribution >= 0.6 is 0 Å². The lowest BCUT2D eigenvalue weighted by molar-refractivity contribution is -0.126. The summed E-state index contributed by atoms with van der Waals surface area (Å²) >= 11 is 0. The van der Waals surface area contributed by atoms with Gasteiger partial charge >= 0.3 is 0 Å². The summed E-state index contributed by atoms with van der Waals surface area (Å²) in [6, 6.07) is 7.93. The minimum Gasteiger partial charge on any atom is -0.353 e. The molecule has 2 aliphatic rings. The molecule has 7 nitrogen and oxygen atoms in total. The van der Waals surface area contributed by atoms with Crippen LogP contribution in [0, 0.1) is 5.92 Å². The highest BCUT2D eigenvalue weighted by Gasteiger charge is 2.34. The van der Waals surface area contributed by atoms with Gasteiger partial charge in [-0.3, -0.25) is 9.59 Å². The van der Waals surface area contributed by atoms with E-state index in [1.54, 1.807) is 18.2 Å². The first-order chi connectivity index (χ1) is 14.4. The summed E-state index contributed by atoms with van der Waals surface area (Å²) in [6.07, 6.45) is 8.14. The van der Waals surface area contributed by atoms with Crippen molar-refractivity contribution in [2.75, 3.05) is 13.1 Å². The molecule has 1 saturated heterocycles. The van der Waals surface area contributed by atoms with Gasteiger partial charge in [0.05, 0.1) is 10.8 Å². The van der Waals surface area contributed by atoms with E-state index in [0.29, 0.717) is 30.3 Å². The highest BCUT2D eigenvalue weighted by molar-refractivity contribution is 7.89. The number of piperidine rings is 1. The lowest BCUT2D eigenvalue weighted by atomic mass is 9.97. The molecule has 1 aliphatic heterocycles. The number of hydrogen-bond acceptors (Lipinski definition) is 4. The summed E-state index contributed by atoms with van der Waals surface area (Å²) < 4.78 is 27.9. The van der Waals surface area contributed by atoms with Gasteiger partial charge in [-0.25, -0.2) is 8.42 Å². The molecule has 0 bridgehead atoms. The van der Waals surface area contributed by atoms with Crippen molar-refractivity contribution in [1.82, 2.24) is 14.6 Å². The van der Waals surface area contributed by atoms with Crippen LogP contribution in [0.25, 0.3) is 10.9 Å². The van der Waals surface area contributed by atoms with E-state index in [0.717, 1.165) is 25.7 Å². The lowest BCUT2D eigenvalue weighted by Gasteiger charge is -2.32. The Morgan fingerprint density at radius 2 is 1.77 bits per heavy atom. The number of aromatic amines is 1. The highest BCUT2D eigenvalue weighted by Crippen LogP contribution is 2.26. The predicted molar refractivity (Wildman–Crippen MR) is 116 cm³/mol. The number of amides is 1. The van der Waals surface area contributed by atoms with Gasteiger partial charge in [0.15, 0.2) is 0 Å². The van der Waals surface area contributed by atoms with Crippen molar-refractivity contribution in [3.63, 3.8) is 0 Å². The third-order valence-corrected chi connectivity index (χ3v) is 8.15.